The quantitative estimate of drug-likeness (QED) is 0.814. The number of rotatable bonds is 3. The summed E-state index contributed by atoms with van der Waals surface area (Å²) >= 11 is 14.1. The van der Waals surface area contributed by atoms with Crippen LogP contribution in [0.1, 0.15) is 4.88 Å². The molecule has 0 aliphatic carbocycles. The molecule has 6 heteroatoms. The molecular formula is C10H7Br2ClN2S. The molecule has 0 saturated carbocycles. The molecule has 0 aliphatic rings. The summed E-state index contributed by atoms with van der Waals surface area (Å²) in [5.74, 6) is 0. The van der Waals surface area contributed by atoms with Gasteiger partial charge in [0, 0.05) is 25.7 Å². The highest BCUT2D eigenvalue weighted by molar-refractivity contribution is 9.11. The van der Waals surface area contributed by atoms with Crippen LogP contribution in [0.3, 0.4) is 0 Å². The number of anilines is 1. The monoisotopic (exact) mass is 380 g/mol. The molecule has 1 heterocycles. The van der Waals surface area contributed by atoms with Crippen LogP contribution < -0.4 is 5.32 Å². The van der Waals surface area contributed by atoms with E-state index in [1.165, 1.54) is 11.3 Å². The average molecular weight is 383 g/mol. The largest absolute Gasteiger partial charge is 0.379 e. The van der Waals surface area contributed by atoms with Crippen molar-refractivity contribution < 1.29 is 0 Å². The predicted molar refractivity (Wildman–Crippen MR) is 76.3 cm³/mol. The molecule has 2 aromatic rings. The molecule has 0 aliphatic heterocycles. The van der Waals surface area contributed by atoms with Gasteiger partial charge in [-0.25, -0.2) is 4.98 Å². The minimum Gasteiger partial charge on any atom is -0.379 e. The number of aromatic nitrogens is 1. The normalized spacial score (nSPS) is 10.4. The SMILES string of the molecule is Clc1ncc(CNc2ccc(Br)cc2Br)s1. The standard InChI is InChI=1S/C10H7Br2ClN2S/c11-6-1-2-9(8(12)3-6)14-4-7-5-15-10(13)16-7/h1-3,5,14H,4H2. The maximum Gasteiger partial charge on any atom is 0.183 e. The van der Waals surface area contributed by atoms with Gasteiger partial charge in [0.2, 0.25) is 0 Å². The molecule has 16 heavy (non-hydrogen) atoms. The molecule has 1 N–H and O–H groups in total. The van der Waals surface area contributed by atoms with Crippen LogP contribution in [-0.2, 0) is 6.54 Å². The number of nitrogens with one attached hydrogen (secondary N) is 1. The van der Waals surface area contributed by atoms with Crippen LogP contribution in [0.4, 0.5) is 5.69 Å². The van der Waals surface area contributed by atoms with Crippen molar-refractivity contribution in [2.24, 2.45) is 0 Å². The molecular weight excluding hydrogens is 375 g/mol. The number of benzene rings is 1. The summed E-state index contributed by atoms with van der Waals surface area (Å²) in [6.45, 7) is 0.727. The van der Waals surface area contributed by atoms with Gasteiger partial charge in [-0.2, -0.15) is 0 Å². The highest BCUT2D eigenvalue weighted by Crippen LogP contribution is 2.27. The van der Waals surface area contributed by atoms with Crippen molar-refractivity contribution in [2.75, 3.05) is 5.32 Å². The van der Waals surface area contributed by atoms with Crippen molar-refractivity contribution in [3.05, 3.63) is 42.7 Å². The maximum absolute atomic E-state index is 5.76. The number of hydrogen-bond donors (Lipinski definition) is 1. The van der Waals surface area contributed by atoms with E-state index in [0.717, 1.165) is 26.1 Å². The van der Waals surface area contributed by atoms with Gasteiger partial charge >= 0.3 is 0 Å². The molecule has 2 nitrogen and oxygen atoms in total. The first kappa shape index (κ1) is 12.4. The van der Waals surface area contributed by atoms with E-state index in [0.29, 0.717) is 4.47 Å². The van der Waals surface area contributed by atoms with E-state index < -0.39 is 0 Å². The molecule has 0 unspecified atom stereocenters. The van der Waals surface area contributed by atoms with E-state index >= 15 is 0 Å². The smallest absolute Gasteiger partial charge is 0.183 e. The minimum atomic E-state index is 0.576. The fourth-order valence-corrected chi connectivity index (χ4v) is 3.29. The molecule has 0 fully saturated rings. The van der Waals surface area contributed by atoms with E-state index in [1.807, 2.05) is 18.2 Å². The molecule has 0 atom stereocenters. The van der Waals surface area contributed by atoms with Gasteiger partial charge in [-0.3, -0.25) is 0 Å². The third-order valence-electron chi connectivity index (χ3n) is 1.91. The van der Waals surface area contributed by atoms with Crippen molar-refractivity contribution in [3.63, 3.8) is 0 Å². The lowest BCUT2D eigenvalue weighted by molar-refractivity contribution is 1.17. The zero-order valence-electron chi connectivity index (χ0n) is 8.01. The van der Waals surface area contributed by atoms with Crippen LogP contribution in [0, 0.1) is 0 Å². The minimum absolute atomic E-state index is 0.576. The average Bonchev–Trinajstić information content (AvgIpc) is 2.63. The molecule has 84 valence electrons. The van der Waals surface area contributed by atoms with Crippen molar-refractivity contribution in [1.29, 1.82) is 0 Å². The van der Waals surface area contributed by atoms with Crippen molar-refractivity contribution >= 4 is 60.5 Å². The van der Waals surface area contributed by atoms with Gasteiger partial charge in [0.15, 0.2) is 4.47 Å². The summed E-state index contributed by atoms with van der Waals surface area (Å²) in [6, 6.07) is 6.01. The van der Waals surface area contributed by atoms with Gasteiger partial charge in [0.25, 0.3) is 0 Å². The summed E-state index contributed by atoms with van der Waals surface area (Å²) in [5, 5.41) is 3.31. The first-order chi connectivity index (χ1) is 7.65. The van der Waals surface area contributed by atoms with E-state index in [2.05, 4.69) is 42.2 Å². The Bertz CT molecular complexity index is 501. The van der Waals surface area contributed by atoms with Crippen molar-refractivity contribution in [2.45, 2.75) is 6.54 Å². The number of nitrogens with zero attached hydrogens (tertiary/aromatic N) is 1. The highest BCUT2D eigenvalue weighted by Gasteiger charge is 2.02. The fourth-order valence-electron chi connectivity index (χ4n) is 1.18. The molecule has 0 saturated heterocycles. The first-order valence-corrected chi connectivity index (χ1v) is 7.22. The van der Waals surface area contributed by atoms with Gasteiger partial charge in [0.1, 0.15) is 0 Å². The first-order valence-electron chi connectivity index (χ1n) is 4.44. The third kappa shape index (κ3) is 3.20. The second-order valence-electron chi connectivity index (χ2n) is 3.06. The predicted octanol–water partition coefficient (Wildman–Crippen LogP) is 4.93. The van der Waals surface area contributed by atoms with Crippen LogP contribution in [0.25, 0.3) is 0 Å². The lowest BCUT2D eigenvalue weighted by Gasteiger charge is -2.07. The maximum atomic E-state index is 5.76. The van der Waals surface area contributed by atoms with E-state index in [-0.39, 0.29) is 0 Å². The Morgan fingerprint density at radius 3 is 2.81 bits per heavy atom. The van der Waals surface area contributed by atoms with Crippen LogP contribution in [-0.4, -0.2) is 4.98 Å². The van der Waals surface area contributed by atoms with Crippen molar-refractivity contribution in [1.82, 2.24) is 4.98 Å². The third-order valence-corrected chi connectivity index (χ3v) is 4.17. The van der Waals surface area contributed by atoms with Gasteiger partial charge in [-0.15, -0.1) is 11.3 Å². The Balaban J connectivity index is 2.04. The molecule has 0 spiro atoms. The van der Waals surface area contributed by atoms with E-state index in [4.69, 9.17) is 11.6 Å². The fraction of sp³-hybridized carbons (Fsp3) is 0.100. The second-order valence-corrected chi connectivity index (χ2v) is 6.52. The van der Waals surface area contributed by atoms with Gasteiger partial charge in [0.05, 0.1) is 6.54 Å². The summed E-state index contributed by atoms with van der Waals surface area (Å²) in [6.07, 6.45) is 1.78. The highest BCUT2D eigenvalue weighted by atomic mass is 79.9. The van der Waals surface area contributed by atoms with Crippen molar-refractivity contribution in [3.8, 4) is 0 Å². The summed E-state index contributed by atoms with van der Waals surface area (Å²) in [4.78, 5) is 5.10. The van der Waals surface area contributed by atoms with Crippen LogP contribution >= 0.6 is 54.8 Å². The molecule has 0 radical (unpaired) electrons. The summed E-state index contributed by atoms with van der Waals surface area (Å²) < 4.78 is 2.65. The Hall–Kier alpha value is -0.100. The zero-order chi connectivity index (χ0) is 11.5. The lowest BCUT2D eigenvalue weighted by Crippen LogP contribution is -1.97. The molecule has 1 aromatic heterocycles. The van der Waals surface area contributed by atoms with E-state index in [9.17, 15) is 0 Å². The van der Waals surface area contributed by atoms with E-state index in [1.54, 1.807) is 6.20 Å². The second kappa shape index (κ2) is 5.49. The van der Waals surface area contributed by atoms with Gasteiger partial charge in [-0.05, 0) is 34.1 Å². The van der Waals surface area contributed by atoms with Crippen LogP contribution in [0.15, 0.2) is 33.3 Å². The van der Waals surface area contributed by atoms with Gasteiger partial charge < -0.3 is 5.32 Å². The Labute approximate surface area is 119 Å². The lowest BCUT2D eigenvalue weighted by atomic mass is 10.3. The molecule has 1 aromatic carbocycles. The summed E-state index contributed by atoms with van der Waals surface area (Å²) in [5.41, 5.74) is 1.05. The number of hydrogen-bond acceptors (Lipinski definition) is 3. The molecule has 0 amide bonds. The Morgan fingerprint density at radius 1 is 1.38 bits per heavy atom. The summed E-state index contributed by atoms with van der Waals surface area (Å²) in [7, 11) is 0. The zero-order valence-corrected chi connectivity index (χ0v) is 12.8. The number of halogens is 3. The number of thiazole rings is 1. The van der Waals surface area contributed by atoms with Crippen LogP contribution in [0.2, 0.25) is 4.47 Å². The van der Waals surface area contributed by atoms with Gasteiger partial charge in [-0.1, -0.05) is 27.5 Å². The molecule has 0 bridgehead atoms. The topological polar surface area (TPSA) is 24.9 Å². The Morgan fingerprint density at radius 2 is 2.19 bits per heavy atom. The Kier molecular flexibility index (Phi) is 4.24. The van der Waals surface area contributed by atoms with Crippen LogP contribution in [0.5, 0.6) is 0 Å². The molecule has 2 rings (SSSR count).